The number of urea groups is 2. The number of hydrogen-bond donors (Lipinski definition) is 3. The second kappa shape index (κ2) is 9.17. The van der Waals surface area contributed by atoms with Crippen molar-refractivity contribution in [3.63, 3.8) is 0 Å². The fourth-order valence-corrected chi connectivity index (χ4v) is 3.88. The van der Waals surface area contributed by atoms with Gasteiger partial charge in [0.05, 0.1) is 12.3 Å². The Morgan fingerprint density at radius 2 is 1.89 bits per heavy atom. The third kappa shape index (κ3) is 5.30. The summed E-state index contributed by atoms with van der Waals surface area (Å²) in [4.78, 5) is 26.7. The number of anilines is 1. The highest BCUT2D eigenvalue weighted by Crippen LogP contribution is 2.40. The predicted octanol–water partition coefficient (Wildman–Crippen LogP) is 3.57. The molecule has 28 heavy (non-hydrogen) atoms. The number of nitrogens with zero attached hydrogens (tertiary/aromatic N) is 1. The highest BCUT2D eigenvalue weighted by Gasteiger charge is 2.41. The summed E-state index contributed by atoms with van der Waals surface area (Å²) >= 11 is 0. The lowest BCUT2D eigenvalue weighted by molar-refractivity contribution is 0.141. The van der Waals surface area contributed by atoms with Gasteiger partial charge in [0.2, 0.25) is 0 Å². The van der Waals surface area contributed by atoms with Crippen molar-refractivity contribution in [1.82, 2.24) is 15.5 Å². The average Bonchev–Trinajstić information content (AvgIpc) is 3.48. The lowest BCUT2D eigenvalue weighted by Crippen LogP contribution is -2.58. The van der Waals surface area contributed by atoms with Crippen LogP contribution in [-0.2, 0) is 0 Å². The first-order chi connectivity index (χ1) is 13.5. The minimum absolute atomic E-state index is 0.105. The number of nitrogens with one attached hydrogen (secondary N) is 3. The molecule has 154 valence electrons. The predicted molar refractivity (Wildman–Crippen MR) is 110 cm³/mol. The Morgan fingerprint density at radius 3 is 2.54 bits per heavy atom. The van der Waals surface area contributed by atoms with Crippen molar-refractivity contribution in [2.75, 3.05) is 31.6 Å². The van der Waals surface area contributed by atoms with E-state index in [9.17, 15) is 9.59 Å². The van der Waals surface area contributed by atoms with Crippen LogP contribution < -0.4 is 20.7 Å². The summed E-state index contributed by atoms with van der Waals surface area (Å²) in [6, 6.07) is 7.25. The fraction of sp³-hybridized carbons (Fsp3) is 0.619. The number of para-hydroxylation sites is 2. The van der Waals surface area contributed by atoms with E-state index < -0.39 is 0 Å². The van der Waals surface area contributed by atoms with Crippen LogP contribution in [0.1, 0.15) is 46.0 Å². The van der Waals surface area contributed by atoms with Gasteiger partial charge in [-0.2, -0.15) is 0 Å². The van der Waals surface area contributed by atoms with Crippen LogP contribution >= 0.6 is 0 Å². The molecule has 7 nitrogen and oxygen atoms in total. The van der Waals surface area contributed by atoms with Crippen molar-refractivity contribution in [3.05, 3.63) is 24.3 Å². The Hall–Kier alpha value is -2.44. The number of ether oxygens (including phenoxy) is 1. The van der Waals surface area contributed by atoms with E-state index in [1.54, 1.807) is 0 Å². The van der Waals surface area contributed by atoms with Gasteiger partial charge >= 0.3 is 12.1 Å². The molecule has 1 saturated heterocycles. The second-order valence-electron chi connectivity index (χ2n) is 7.76. The number of rotatable bonds is 7. The van der Waals surface area contributed by atoms with Crippen LogP contribution in [0, 0.1) is 5.92 Å². The van der Waals surface area contributed by atoms with Crippen molar-refractivity contribution in [1.29, 1.82) is 0 Å². The van der Waals surface area contributed by atoms with Crippen LogP contribution in [0.2, 0.25) is 0 Å². The molecule has 4 amide bonds. The molecule has 0 bridgehead atoms. The molecule has 7 heteroatoms. The largest absolute Gasteiger partial charge is 0.492 e. The van der Waals surface area contributed by atoms with Gasteiger partial charge in [0.1, 0.15) is 5.75 Å². The van der Waals surface area contributed by atoms with Crippen LogP contribution in [0.4, 0.5) is 15.3 Å². The molecule has 1 heterocycles. The van der Waals surface area contributed by atoms with E-state index in [0.29, 0.717) is 43.6 Å². The summed E-state index contributed by atoms with van der Waals surface area (Å²) < 4.78 is 5.59. The zero-order valence-electron chi connectivity index (χ0n) is 16.9. The molecular formula is C21H32N4O3. The number of carbonyl (C=O) groups excluding carboxylic acids is 2. The molecule has 1 aromatic rings. The van der Waals surface area contributed by atoms with Gasteiger partial charge in [-0.25, -0.2) is 9.59 Å². The Balaban J connectivity index is 1.59. The van der Waals surface area contributed by atoms with E-state index >= 15 is 0 Å². The van der Waals surface area contributed by atoms with Gasteiger partial charge in [0, 0.05) is 25.2 Å². The molecule has 0 spiro atoms. The van der Waals surface area contributed by atoms with Crippen molar-refractivity contribution in [3.8, 4) is 5.75 Å². The number of amides is 4. The van der Waals surface area contributed by atoms with E-state index in [1.165, 1.54) is 12.8 Å². The molecule has 1 aliphatic heterocycles. The van der Waals surface area contributed by atoms with Gasteiger partial charge in [-0.3, -0.25) is 0 Å². The first-order valence-electron chi connectivity index (χ1n) is 10.4. The topological polar surface area (TPSA) is 82.7 Å². The standard InChI is InChI=1S/C21H32N4O3/c1-3-22-19(26)24-21(15-16-9-10-16)11-13-25(14-12-21)20(27)23-17-7-5-6-8-18(17)28-4-2/h5-8,16H,3-4,9-15H2,1-2H3,(H,23,27)(H2,22,24,26). The van der Waals surface area contributed by atoms with E-state index in [-0.39, 0.29) is 17.6 Å². The minimum Gasteiger partial charge on any atom is -0.492 e. The Morgan fingerprint density at radius 1 is 1.18 bits per heavy atom. The van der Waals surface area contributed by atoms with Gasteiger partial charge in [0.25, 0.3) is 0 Å². The number of piperidine rings is 1. The Kier molecular flexibility index (Phi) is 6.65. The number of hydrogen-bond acceptors (Lipinski definition) is 3. The van der Waals surface area contributed by atoms with Crippen molar-refractivity contribution < 1.29 is 14.3 Å². The van der Waals surface area contributed by atoms with Gasteiger partial charge in [-0.05, 0) is 51.2 Å². The third-order valence-electron chi connectivity index (χ3n) is 5.53. The monoisotopic (exact) mass is 388 g/mol. The summed E-state index contributed by atoms with van der Waals surface area (Å²) in [6.07, 6.45) is 5.06. The van der Waals surface area contributed by atoms with Gasteiger partial charge < -0.3 is 25.6 Å². The van der Waals surface area contributed by atoms with Crippen LogP contribution in [0.25, 0.3) is 0 Å². The summed E-state index contributed by atoms with van der Waals surface area (Å²) in [5, 5.41) is 9.02. The molecular weight excluding hydrogens is 356 g/mol. The maximum Gasteiger partial charge on any atom is 0.321 e. The van der Waals surface area contributed by atoms with E-state index in [4.69, 9.17) is 4.74 Å². The van der Waals surface area contributed by atoms with Gasteiger partial charge in [-0.1, -0.05) is 25.0 Å². The highest BCUT2D eigenvalue weighted by molar-refractivity contribution is 5.91. The van der Waals surface area contributed by atoms with Crippen molar-refractivity contribution in [2.24, 2.45) is 5.92 Å². The molecule has 1 saturated carbocycles. The Labute approximate surface area is 167 Å². The maximum atomic E-state index is 12.8. The number of benzene rings is 1. The number of carbonyl (C=O) groups is 2. The Bertz CT molecular complexity index is 682. The lowest BCUT2D eigenvalue weighted by atomic mass is 9.82. The molecule has 2 fully saturated rings. The van der Waals surface area contributed by atoms with E-state index in [1.807, 2.05) is 43.0 Å². The molecule has 0 aromatic heterocycles. The molecule has 1 aromatic carbocycles. The fourth-order valence-electron chi connectivity index (χ4n) is 3.88. The zero-order valence-corrected chi connectivity index (χ0v) is 16.9. The summed E-state index contributed by atoms with van der Waals surface area (Å²) in [5.41, 5.74) is 0.477. The summed E-state index contributed by atoms with van der Waals surface area (Å²) in [7, 11) is 0. The third-order valence-corrected chi connectivity index (χ3v) is 5.53. The average molecular weight is 389 g/mol. The van der Waals surface area contributed by atoms with E-state index in [2.05, 4.69) is 16.0 Å². The molecule has 3 N–H and O–H groups in total. The normalized spacial score (nSPS) is 18.3. The quantitative estimate of drug-likeness (QED) is 0.668. The van der Waals surface area contributed by atoms with Crippen LogP contribution in [-0.4, -0.2) is 48.7 Å². The van der Waals surface area contributed by atoms with E-state index in [0.717, 1.165) is 19.3 Å². The SMILES string of the molecule is CCNC(=O)NC1(CC2CC2)CCN(C(=O)Nc2ccccc2OCC)CC1. The maximum absolute atomic E-state index is 12.8. The minimum atomic E-state index is -0.208. The van der Waals surface area contributed by atoms with Crippen molar-refractivity contribution in [2.45, 2.75) is 51.5 Å². The number of likely N-dealkylation sites (tertiary alicyclic amines) is 1. The summed E-state index contributed by atoms with van der Waals surface area (Å²) in [6.45, 7) is 6.25. The second-order valence-corrected chi connectivity index (χ2v) is 7.76. The molecule has 0 radical (unpaired) electrons. The van der Waals surface area contributed by atoms with Crippen LogP contribution in [0.3, 0.4) is 0 Å². The molecule has 0 atom stereocenters. The molecule has 1 aliphatic carbocycles. The first kappa shape index (κ1) is 20.3. The lowest BCUT2D eigenvalue weighted by Gasteiger charge is -2.42. The van der Waals surface area contributed by atoms with Crippen LogP contribution in [0.15, 0.2) is 24.3 Å². The zero-order chi connectivity index (χ0) is 20.0. The first-order valence-corrected chi connectivity index (χ1v) is 10.4. The molecule has 0 unspecified atom stereocenters. The van der Waals surface area contributed by atoms with Crippen LogP contribution in [0.5, 0.6) is 5.75 Å². The summed E-state index contributed by atoms with van der Waals surface area (Å²) in [5.74, 6) is 1.39. The van der Waals surface area contributed by atoms with Gasteiger partial charge in [0.15, 0.2) is 0 Å². The molecule has 2 aliphatic rings. The molecule has 3 rings (SSSR count). The highest BCUT2D eigenvalue weighted by atomic mass is 16.5. The van der Waals surface area contributed by atoms with Crippen molar-refractivity contribution >= 4 is 17.7 Å². The van der Waals surface area contributed by atoms with Gasteiger partial charge in [-0.15, -0.1) is 0 Å². The smallest absolute Gasteiger partial charge is 0.321 e.